The smallest absolute Gasteiger partial charge is 0.336 e. The number of carbonyl (C=O) groups excluding carboxylic acids is 2. The van der Waals surface area contributed by atoms with E-state index in [0.29, 0.717) is 22.8 Å². The Hall–Kier alpha value is -2.09. The molecular weight excluding hydrogens is 385 g/mol. The minimum atomic E-state index is -0.507. The van der Waals surface area contributed by atoms with Gasteiger partial charge < -0.3 is 15.4 Å². The molecule has 6 nitrogen and oxygen atoms in total. The lowest BCUT2D eigenvalue weighted by Gasteiger charge is -2.17. The van der Waals surface area contributed by atoms with Crippen LogP contribution in [0.5, 0.6) is 5.75 Å². The number of rotatable bonds is 4. The third-order valence-corrected chi connectivity index (χ3v) is 4.05. The molecule has 0 saturated carbocycles. The number of anilines is 3. The summed E-state index contributed by atoms with van der Waals surface area (Å²) < 4.78 is 6.17. The Morgan fingerprint density at radius 1 is 1.04 bits per heavy atom. The van der Waals surface area contributed by atoms with Crippen LogP contribution in [0.3, 0.4) is 0 Å². The summed E-state index contributed by atoms with van der Waals surface area (Å²) in [6.45, 7) is 1.41. The molecule has 0 heterocycles. The van der Waals surface area contributed by atoms with Crippen LogP contribution >= 0.6 is 36.0 Å². The quantitative estimate of drug-likeness (QED) is 0.643. The van der Waals surface area contributed by atoms with E-state index < -0.39 is 6.03 Å². The first-order valence-electron chi connectivity index (χ1n) is 7.02. The molecule has 2 N–H and O–H groups in total. The van der Waals surface area contributed by atoms with Crippen molar-refractivity contribution in [2.45, 2.75) is 6.92 Å². The molecule has 0 aliphatic carbocycles. The van der Waals surface area contributed by atoms with Crippen molar-refractivity contribution < 1.29 is 14.3 Å². The van der Waals surface area contributed by atoms with E-state index >= 15 is 0 Å². The highest BCUT2D eigenvalue weighted by molar-refractivity contribution is 7.82. The van der Waals surface area contributed by atoms with Crippen molar-refractivity contribution in [3.05, 3.63) is 46.4 Å². The molecule has 0 aliphatic rings. The fourth-order valence-electron chi connectivity index (χ4n) is 2.01. The molecule has 0 unspecified atom stereocenters. The molecule has 0 aromatic heterocycles. The molecule has 0 saturated heterocycles. The molecule has 0 radical (unpaired) electrons. The molecular formula is C16H15Cl2N3O3S. The lowest BCUT2D eigenvalue weighted by molar-refractivity contribution is -0.114. The molecule has 0 aliphatic heterocycles. The molecule has 0 fully saturated rings. The molecule has 0 bridgehead atoms. The number of nitrogens with zero attached hydrogens (tertiary/aromatic N) is 1. The zero-order valence-corrected chi connectivity index (χ0v) is 15.7. The van der Waals surface area contributed by atoms with Gasteiger partial charge in [-0.25, -0.2) is 9.10 Å². The number of benzene rings is 2. The van der Waals surface area contributed by atoms with Gasteiger partial charge in [0.05, 0.1) is 22.8 Å². The highest BCUT2D eigenvalue weighted by atomic mass is 35.5. The number of ether oxygens (including phenoxy) is 1. The van der Waals surface area contributed by atoms with Gasteiger partial charge in [-0.15, -0.1) is 0 Å². The fourth-order valence-corrected chi connectivity index (χ4v) is 2.83. The molecule has 9 heteroatoms. The number of hydrogen-bond acceptors (Lipinski definition) is 4. The van der Waals surface area contributed by atoms with Crippen molar-refractivity contribution in [1.29, 1.82) is 0 Å². The Morgan fingerprint density at radius 3 is 2.08 bits per heavy atom. The van der Waals surface area contributed by atoms with Crippen molar-refractivity contribution >= 4 is 65.0 Å². The molecule has 2 aromatic carbocycles. The third-order valence-electron chi connectivity index (χ3n) is 3.08. The van der Waals surface area contributed by atoms with Crippen LogP contribution in [0.1, 0.15) is 6.92 Å². The Morgan fingerprint density at radius 2 is 1.60 bits per heavy atom. The number of hydrogen-bond donors (Lipinski definition) is 3. The van der Waals surface area contributed by atoms with Crippen LogP contribution in [-0.4, -0.2) is 19.0 Å². The van der Waals surface area contributed by atoms with E-state index in [2.05, 4.69) is 23.4 Å². The Labute approximate surface area is 160 Å². The summed E-state index contributed by atoms with van der Waals surface area (Å²) in [7, 11) is 1.45. The largest absolute Gasteiger partial charge is 0.494 e. The van der Waals surface area contributed by atoms with Crippen molar-refractivity contribution in [1.82, 2.24) is 0 Å². The van der Waals surface area contributed by atoms with Crippen molar-refractivity contribution in [3.8, 4) is 5.75 Å². The summed E-state index contributed by atoms with van der Waals surface area (Å²) in [5.74, 6) is 0.152. The molecule has 132 valence electrons. The van der Waals surface area contributed by atoms with Crippen LogP contribution < -0.4 is 19.7 Å². The van der Waals surface area contributed by atoms with Crippen LogP contribution in [0, 0.1) is 0 Å². The van der Waals surface area contributed by atoms with Crippen LogP contribution in [0.4, 0.5) is 21.9 Å². The van der Waals surface area contributed by atoms with E-state index in [0.717, 1.165) is 4.31 Å². The molecule has 3 amide bonds. The fraction of sp³-hybridized carbons (Fsp3) is 0.125. The summed E-state index contributed by atoms with van der Waals surface area (Å²) in [4.78, 5) is 23.3. The second-order valence-electron chi connectivity index (χ2n) is 4.94. The van der Waals surface area contributed by atoms with Crippen molar-refractivity contribution in [2.24, 2.45) is 0 Å². The molecule has 25 heavy (non-hydrogen) atoms. The summed E-state index contributed by atoms with van der Waals surface area (Å²) >= 11 is 16.3. The van der Waals surface area contributed by atoms with Gasteiger partial charge in [0.25, 0.3) is 0 Å². The standard InChI is InChI=1S/C16H15Cl2N3O3S/c1-9(22)19-10-3-5-12(6-4-10)21(25)16(23)20-11-7-13(17)15(24-2)14(18)8-11/h3-8,25H,1-2H3,(H,19,22)(H,20,23). The van der Waals surface area contributed by atoms with Gasteiger partial charge in [0, 0.05) is 18.3 Å². The second kappa shape index (κ2) is 8.33. The van der Waals surface area contributed by atoms with Gasteiger partial charge in [0.15, 0.2) is 5.75 Å². The molecule has 2 rings (SSSR count). The monoisotopic (exact) mass is 399 g/mol. The van der Waals surface area contributed by atoms with Crippen LogP contribution in [0.25, 0.3) is 0 Å². The lowest BCUT2D eigenvalue weighted by atomic mass is 10.2. The minimum absolute atomic E-state index is 0.179. The zero-order valence-electron chi connectivity index (χ0n) is 13.3. The maximum absolute atomic E-state index is 12.3. The molecule has 2 aromatic rings. The Kier molecular flexibility index (Phi) is 6.41. The average Bonchev–Trinajstić information content (AvgIpc) is 2.54. The first-order chi connectivity index (χ1) is 11.8. The van der Waals surface area contributed by atoms with E-state index in [1.807, 2.05) is 0 Å². The summed E-state index contributed by atoms with van der Waals surface area (Å²) in [5, 5.41) is 5.82. The number of urea groups is 1. The van der Waals surface area contributed by atoms with Gasteiger partial charge in [-0.3, -0.25) is 4.79 Å². The lowest BCUT2D eigenvalue weighted by Crippen LogP contribution is -2.26. The number of halogens is 2. The van der Waals surface area contributed by atoms with Crippen molar-refractivity contribution in [3.63, 3.8) is 0 Å². The number of thiol groups is 1. The van der Waals surface area contributed by atoms with Gasteiger partial charge >= 0.3 is 6.03 Å². The maximum Gasteiger partial charge on any atom is 0.336 e. The summed E-state index contributed by atoms with van der Waals surface area (Å²) in [6, 6.07) is 9.14. The highest BCUT2D eigenvalue weighted by Gasteiger charge is 2.15. The molecule has 0 spiro atoms. The SMILES string of the molecule is COc1c(Cl)cc(NC(=O)N(S)c2ccc(NC(C)=O)cc2)cc1Cl. The predicted molar refractivity (Wildman–Crippen MR) is 104 cm³/mol. The predicted octanol–water partition coefficient (Wildman–Crippen LogP) is 4.84. The number of carbonyl (C=O) groups is 2. The minimum Gasteiger partial charge on any atom is -0.494 e. The highest BCUT2D eigenvalue weighted by Crippen LogP contribution is 2.35. The normalized spacial score (nSPS) is 10.1. The Balaban J connectivity index is 2.11. The number of nitrogens with one attached hydrogen (secondary N) is 2. The second-order valence-corrected chi connectivity index (χ2v) is 6.16. The van der Waals surface area contributed by atoms with Gasteiger partial charge in [-0.05, 0) is 36.4 Å². The average molecular weight is 400 g/mol. The number of amides is 3. The topological polar surface area (TPSA) is 70.7 Å². The first-order valence-corrected chi connectivity index (χ1v) is 8.18. The zero-order chi connectivity index (χ0) is 18.6. The van der Waals surface area contributed by atoms with E-state index in [1.165, 1.54) is 26.2 Å². The van der Waals surface area contributed by atoms with Gasteiger partial charge in [0.2, 0.25) is 5.91 Å². The van der Waals surface area contributed by atoms with E-state index in [9.17, 15) is 9.59 Å². The third kappa shape index (κ3) is 4.94. The van der Waals surface area contributed by atoms with Gasteiger partial charge in [-0.1, -0.05) is 36.0 Å². The summed E-state index contributed by atoms with van der Waals surface area (Å²) in [5.41, 5.74) is 1.53. The van der Waals surface area contributed by atoms with Crippen LogP contribution in [0.2, 0.25) is 10.0 Å². The van der Waals surface area contributed by atoms with E-state index in [1.54, 1.807) is 24.3 Å². The maximum atomic E-state index is 12.3. The Bertz CT molecular complexity index is 777. The first kappa shape index (κ1) is 19.2. The van der Waals surface area contributed by atoms with E-state index in [-0.39, 0.29) is 16.0 Å². The van der Waals surface area contributed by atoms with Crippen LogP contribution in [0.15, 0.2) is 36.4 Å². The van der Waals surface area contributed by atoms with Gasteiger partial charge in [-0.2, -0.15) is 0 Å². The van der Waals surface area contributed by atoms with Crippen molar-refractivity contribution in [2.75, 3.05) is 22.0 Å². The van der Waals surface area contributed by atoms with E-state index in [4.69, 9.17) is 27.9 Å². The van der Waals surface area contributed by atoms with Crippen LogP contribution in [-0.2, 0) is 4.79 Å². The number of methoxy groups -OCH3 is 1. The summed E-state index contributed by atoms with van der Waals surface area (Å²) in [6.07, 6.45) is 0. The molecule has 0 atom stereocenters. The van der Waals surface area contributed by atoms with Gasteiger partial charge in [0.1, 0.15) is 0 Å².